The highest BCUT2D eigenvalue weighted by Gasteiger charge is 2.41. The van der Waals surface area contributed by atoms with Crippen molar-refractivity contribution >= 4 is 0 Å². The predicted octanol–water partition coefficient (Wildman–Crippen LogP) is 5.05. The summed E-state index contributed by atoms with van der Waals surface area (Å²) in [6, 6.07) is 0. The molecule has 0 saturated carbocycles. The van der Waals surface area contributed by atoms with E-state index in [1.54, 1.807) is 0 Å². The van der Waals surface area contributed by atoms with E-state index in [0.717, 1.165) is 26.2 Å². The molecule has 0 rings (SSSR count). The first kappa shape index (κ1) is 14.6. The van der Waals surface area contributed by atoms with Gasteiger partial charge in [-0.3, -0.25) is 0 Å². The molecule has 0 bridgehead atoms. The lowest BCUT2D eigenvalue weighted by Crippen LogP contribution is -2.35. The minimum absolute atomic E-state index is 0.327. The second-order valence-electron chi connectivity index (χ2n) is 5.45. The van der Waals surface area contributed by atoms with Crippen molar-refractivity contribution < 1.29 is 8.78 Å². The van der Waals surface area contributed by atoms with Crippen LogP contribution < -0.4 is 0 Å². The van der Waals surface area contributed by atoms with Crippen LogP contribution in [0.3, 0.4) is 0 Å². The fourth-order valence-corrected chi connectivity index (χ4v) is 2.08. The van der Waals surface area contributed by atoms with Gasteiger partial charge in [0.2, 0.25) is 5.92 Å². The lowest BCUT2D eigenvalue weighted by atomic mass is 9.74. The van der Waals surface area contributed by atoms with Gasteiger partial charge in [-0.15, -0.1) is 6.58 Å². The lowest BCUT2D eigenvalue weighted by molar-refractivity contribution is -0.0859. The number of halogens is 2. The Bertz CT molecular complexity index is 170. The highest BCUT2D eigenvalue weighted by molar-refractivity contribution is 4.83. The molecule has 0 saturated heterocycles. The maximum Gasteiger partial charge on any atom is 0.248 e. The van der Waals surface area contributed by atoms with Crippen LogP contribution in [-0.2, 0) is 0 Å². The number of alkyl halides is 2. The van der Waals surface area contributed by atoms with Gasteiger partial charge in [0, 0.05) is 5.92 Å². The summed E-state index contributed by atoms with van der Waals surface area (Å²) in [5.74, 6) is -3.11. The van der Waals surface area contributed by atoms with Crippen molar-refractivity contribution in [3.05, 3.63) is 12.7 Å². The van der Waals surface area contributed by atoms with Crippen LogP contribution in [0.2, 0.25) is 0 Å². The molecule has 0 aromatic heterocycles. The Morgan fingerprint density at radius 3 is 2.00 bits per heavy atom. The number of hydrogen-bond acceptors (Lipinski definition) is 0. The van der Waals surface area contributed by atoms with E-state index >= 15 is 0 Å². The average molecular weight is 218 g/mol. The van der Waals surface area contributed by atoms with Crippen LogP contribution >= 0.6 is 0 Å². The third-order valence-electron chi connectivity index (χ3n) is 2.81. The quantitative estimate of drug-likeness (QED) is 0.432. The van der Waals surface area contributed by atoms with E-state index in [-0.39, 0.29) is 5.41 Å². The van der Waals surface area contributed by atoms with Crippen LogP contribution in [0.4, 0.5) is 8.78 Å². The summed E-state index contributed by atoms with van der Waals surface area (Å²) in [6.45, 7) is 10.3. The highest BCUT2D eigenvalue weighted by Crippen LogP contribution is 2.41. The molecule has 1 unspecified atom stereocenters. The third-order valence-corrected chi connectivity index (χ3v) is 2.81. The van der Waals surface area contributed by atoms with Crippen molar-refractivity contribution in [1.82, 2.24) is 0 Å². The summed E-state index contributed by atoms with van der Waals surface area (Å²) in [4.78, 5) is 0. The number of unbranched alkanes of at least 4 members (excludes halogenated alkanes) is 2. The van der Waals surface area contributed by atoms with E-state index in [9.17, 15) is 8.78 Å². The molecule has 0 N–H and O–H groups in total. The van der Waals surface area contributed by atoms with E-state index in [4.69, 9.17) is 0 Å². The van der Waals surface area contributed by atoms with E-state index < -0.39 is 11.8 Å². The maximum absolute atomic E-state index is 13.4. The maximum atomic E-state index is 13.4. The van der Waals surface area contributed by atoms with Crippen LogP contribution in [-0.4, -0.2) is 5.92 Å². The van der Waals surface area contributed by atoms with Gasteiger partial charge in [-0.2, -0.15) is 0 Å². The van der Waals surface area contributed by atoms with Crippen LogP contribution in [0, 0.1) is 11.3 Å². The zero-order valence-electron chi connectivity index (χ0n) is 10.4. The molecular formula is C13H24F2. The molecule has 1 atom stereocenters. The summed E-state index contributed by atoms with van der Waals surface area (Å²) in [7, 11) is 0. The number of hydrogen-bond donors (Lipinski definition) is 0. The lowest BCUT2D eigenvalue weighted by Gasteiger charge is -2.35. The molecule has 0 fully saturated rings. The normalized spacial score (nSPS) is 15.1. The molecule has 0 heterocycles. The molecular weight excluding hydrogens is 194 g/mol. The van der Waals surface area contributed by atoms with Crippen molar-refractivity contribution in [2.75, 3.05) is 0 Å². The van der Waals surface area contributed by atoms with Gasteiger partial charge in [0.1, 0.15) is 0 Å². The second-order valence-corrected chi connectivity index (χ2v) is 5.45. The molecule has 0 radical (unpaired) electrons. The Morgan fingerprint density at radius 2 is 1.67 bits per heavy atom. The van der Waals surface area contributed by atoms with Crippen molar-refractivity contribution in [1.29, 1.82) is 0 Å². The van der Waals surface area contributed by atoms with Gasteiger partial charge < -0.3 is 0 Å². The summed E-state index contributed by atoms with van der Waals surface area (Å²) >= 11 is 0. The van der Waals surface area contributed by atoms with Crippen LogP contribution in [0.5, 0.6) is 0 Å². The first-order valence-electron chi connectivity index (χ1n) is 5.68. The van der Waals surface area contributed by atoms with Gasteiger partial charge >= 0.3 is 0 Å². The summed E-state index contributed by atoms with van der Waals surface area (Å²) in [5, 5.41) is 0. The summed E-state index contributed by atoms with van der Waals surface area (Å²) in [6.07, 6.45) is 5.19. The molecule has 0 nitrogen and oxygen atoms in total. The minimum Gasteiger partial charge on any atom is -0.207 e. The SMILES string of the molecule is C=CCCCCC(C(C)(C)C)C(C)(F)F. The average Bonchev–Trinajstić information content (AvgIpc) is 1.99. The first-order valence-corrected chi connectivity index (χ1v) is 5.68. The molecule has 0 aliphatic carbocycles. The number of allylic oxidation sites excluding steroid dienone is 1. The van der Waals surface area contributed by atoms with Crippen molar-refractivity contribution in [3.8, 4) is 0 Å². The Kier molecular flexibility index (Phi) is 5.47. The standard InChI is InChI=1S/C13H24F2/c1-6-7-8-9-10-11(12(2,3)4)13(5,14)15/h6,11H,1,7-10H2,2-5H3. The predicted molar refractivity (Wildman–Crippen MR) is 62.2 cm³/mol. The van der Waals surface area contributed by atoms with Gasteiger partial charge in [-0.1, -0.05) is 33.3 Å². The first-order chi connectivity index (χ1) is 6.69. The molecule has 0 amide bonds. The summed E-state index contributed by atoms with van der Waals surface area (Å²) in [5.41, 5.74) is -0.327. The molecule has 0 aliphatic heterocycles. The van der Waals surface area contributed by atoms with E-state index in [1.807, 2.05) is 26.8 Å². The zero-order chi connectivity index (χ0) is 12.1. The Balaban J connectivity index is 4.22. The molecule has 0 spiro atoms. The number of rotatable bonds is 6. The Morgan fingerprint density at radius 1 is 1.13 bits per heavy atom. The minimum atomic E-state index is -2.58. The monoisotopic (exact) mass is 218 g/mol. The molecule has 0 aliphatic rings. The second kappa shape index (κ2) is 5.62. The fraction of sp³-hybridized carbons (Fsp3) is 0.846. The molecule has 2 heteroatoms. The molecule has 0 aromatic rings. The molecule has 15 heavy (non-hydrogen) atoms. The van der Waals surface area contributed by atoms with E-state index in [2.05, 4.69) is 6.58 Å². The molecule has 0 aromatic carbocycles. The smallest absolute Gasteiger partial charge is 0.207 e. The van der Waals surface area contributed by atoms with Gasteiger partial charge in [0.15, 0.2) is 0 Å². The fourth-order valence-electron chi connectivity index (χ4n) is 2.08. The van der Waals surface area contributed by atoms with Gasteiger partial charge in [0.25, 0.3) is 0 Å². The van der Waals surface area contributed by atoms with Crippen LogP contribution in [0.25, 0.3) is 0 Å². The molecule has 90 valence electrons. The van der Waals surface area contributed by atoms with Crippen molar-refractivity contribution in [2.45, 2.75) is 59.3 Å². The van der Waals surface area contributed by atoms with Crippen molar-refractivity contribution in [2.24, 2.45) is 11.3 Å². The summed E-state index contributed by atoms with van der Waals surface area (Å²) < 4.78 is 26.7. The Labute approximate surface area is 92.8 Å². The van der Waals surface area contributed by atoms with Gasteiger partial charge in [0.05, 0.1) is 0 Å². The largest absolute Gasteiger partial charge is 0.248 e. The van der Waals surface area contributed by atoms with Crippen LogP contribution in [0.15, 0.2) is 12.7 Å². The van der Waals surface area contributed by atoms with Crippen molar-refractivity contribution in [3.63, 3.8) is 0 Å². The van der Waals surface area contributed by atoms with E-state index in [0.29, 0.717) is 6.42 Å². The van der Waals surface area contributed by atoms with Gasteiger partial charge in [-0.25, -0.2) is 8.78 Å². The van der Waals surface area contributed by atoms with Crippen LogP contribution in [0.1, 0.15) is 53.4 Å². The highest BCUT2D eigenvalue weighted by atomic mass is 19.3. The topological polar surface area (TPSA) is 0 Å². The Hall–Kier alpha value is -0.400. The zero-order valence-corrected chi connectivity index (χ0v) is 10.4. The van der Waals surface area contributed by atoms with E-state index in [1.165, 1.54) is 0 Å². The third kappa shape index (κ3) is 5.91. The van der Waals surface area contributed by atoms with Gasteiger partial charge in [-0.05, 0) is 31.6 Å².